The van der Waals surface area contributed by atoms with Crippen molar-refractivity contribution in [2.24, 2.45) is 5.92 Å². The van der Waals surface area contributed by atoms with E-state index in [0.717, 1.165) is 82.7 Å². The Morgan fingerprint density at radius 1 is 0.974 bits per heavy atom. The van der Waals surface area contributed by atoms with E-state index in [0.29, 0.717) is 24.8 Å². The lowest BCUT2D eigenvalue weighted by Gasteiger charge is -2.36. The Balaban J connectivity index is 1.46. The van der Waals surface area contributed by atoms with Crippen LogP contribution in [0.4, 0.5) is 0 Å². The van der Waals surface area contributed by atoms with Gasteiger partial charge in [0.2, 0.25) is 11.8 Å². The summed E-state index contributed by atoms with van der Waals surface area (Å²) in [5, 5.41) is 0. The topological polar surface area (TPSA) is 53.1 Å². The Morgan fingerprint density at radius 3 is 2.42 bits per heavy atom. The summed E-state index contributed by atoms with van der Waals surface area (Å²) < 4.78 is 5.47. The predicted octanol–water partition coefficient (Wildman–Crippen LogP) is 6.01. The summed E-state index contributed by atoms with van der Waals surface area (Å²) >= 11 is 0. The fourth-order valence-corrected chi connectivity index (χ4v) is 5.71. The van der Waals surface area contributed by atoms with Crippen LogP contribution in [0, 0.1) is 5.92 Å². The van der Waals surface area contributed by atoms with Crippen LogP contribution in [0.5, 0.6) is 5.75 Å². The van der Waals surface area contributed by atoms with E-state index in [1.54, 1.807) is 7.11 Å². The monoisotopic (exact) mass is 525 g/mol. The molecule has 1 aromatic rings. The van der Waals surface area contributed by atoms with Crippen LogP contribution < -0.4 is 4.74 Å². The third-order valence-electron chi connectivity index (χ3n) is 8.18. The molecular weight excluding hydrogens is 474 g/mol. The Bertz CT molecular complexity index is 857. The van der Waals surface area contributed by atoms with Crippen molar-refractivity contribution in [3.05, 3.63) is 35.9 Å². The SMILES string of the molecule is CCCCCCCCC(=O)N1CCN(CCN(CC=Cc2ccccc2OC)C(=O)C2CCCCC2)CC1. The number of amides is 2. The molecule has 0 N–H and O–H groups in total. The number of methoxy groups -OCH3 is 1. The molecule has 0 atom stereocenters. The predicted molar refractivity (Wildman–Crippen MR) is 156 cm³/mol. The summed E-state index contributed by atoms with van der Waals surface area (Å²) in [5.41, 5.74) is 1.03. The normalized spacial score (nSPS) is 17.2. The van der Waals surface area contributed by atoms with E-state index in [2.05, 4.69) is 28.9 Å². The summed E-state index contributed by atoms with van der Waals surface area (Å²) in [6.07, 6.45) is 17.7. The molecule has 0 bridgehead atoms. The highest BCUT2D eigenvalue weighted by atomic mass is 16.5. The van der Waals surface area contributed by atoms with Crippen LogP contribution >= 0.6 is 0 Å². The summed E-state index contributed by atoms with van der Waals surface area (Å²) in [5.74, 6) is 1.63. The third-order valence-corrected chi connectivity index (χ3v) is 8.18. The van der Waals surface area contributed by atoms with Gasteiger partial charge >= 0.3 is 0 Å². The second-order valence-electron chi connectivity index (χ2n) is 11.0. The summed E-state index contributed by atoms with van der Waals surface area (Å²) in [6.45, 7) is 7.84. The lowest BCUT2D eigenvalue weighted by molar-refractivity contribution is -0.136. The number of hydrogen-bond acceptors (Lipinski definition) is 4. The molecule has 6 nitrogen and oxygen atoms in total. The largest absolute Gasteiger partial charge is 0.496 e. The highest BCUT2D eigenvalue weighted by Crippen LogP contribution is 2.26. The zero-order valence-electron chi connectivity index (χ0n) is 24.0. The summed E-state index contributed by atoms with van der Waals surface area (Å²) in [7, 11) is 1.69. The molecule has 0 radical (unpaired) electrons. The molecule has 1 saturated heterocycles. The highest BCUT2D eigenvalue weighted by Gasteiger charge is 2.27. The first-order chi connectivity index (χ1) is 18.6. The number of carbonyl (C=O) groups is 2. The lowest BCUT2D eigenvalue weighted by atomic mass is 9.88. The van der Waals surface area contributed by atoms with Gasteiger partial charge in [-0.3, -0.25) is 14.5 Å². The molecule has 2 aliphatic rings. The number of ether oxygens (including phenoxy) is 1. The van der Waals surface area contributed by atoms with Crippen LogP contribution in [-0.2, 0) is 9.59 Å². The maximum Gasteiger partial charge on any atom is 0.226 e. The quantitative estimate of drug-likeness (QED) is 0.263. The van der Waals surface area contributed by atoms with Gasteiger partial charge in [0, 0.05) is 63.7 Å². The minimum Gasteiger partial charge on any atom is -0.496 e. The van der Waals surface area contributed by atoms with Crippen molar-refractivity contribution in [1.82, 2.24) is 14.7 Å². The summed E-state index contributed by atoms with van der Waals surface area (Å²) in [6, 6.07) is 7.97. The van der Waals surface area contributed by atoms with Crippen molar-refractivity contribution < 1.29 is 14.3 Å². The molecule has 38 heavy (non-hydrogen) atoms. The van der Waals surface area contributed by atoms with Gasteiger partial charge in [0.25, 0.3) is 0 Å². The summed E-state index contributed by atoms with van der Waals surface area (Å²) in [4.78, 5) is 32.6. The van der Waals surface area contributed by atoms with Crippen molar-refractivity contribution in [2.45, 2.75) is 84.0 Å². The molecule has 0 spiro atoms. The van der Waals surface area contributed by atoms with Gasteiger partial charge in [-0.25, -0.2) is 0 Å². The van der Waals surface area contributed by atoms with Crippen LogP contribution in [0.1, 0.15) is 89.5 Å². The Labute approximate surface area is 231 Å². The minimum absolute atomic E-state index is 0.167. The molecule has 2 amide bonds. The van der Waals surface area contributed by atoms with Gasteiger partial charge in [0.1, 0.15) is 5.75 Å². The van der Waals surface area contributed by atoms with Crippen LogP contribution in [0.2, 0.25) is 0 Å². The molecule has 6 heteroatoms. The molecule has 212 valence electrons. The van der Waals surface area contributed by atoms with Gasteiger partial charge in [-0.15, -0.1) is 0 Å². The number of carbonyl (C=O) groups excluding carboxylic acids is 2. The molecular formula is C32H51N3O3. The number of nitrogens with zero attached hydrogens (tertiary/aromatic N) is 3. The van der Waals surface area contributed by atoms with Gasteiger partial charge < -0.3 is 14.5 Å². The van der Waals surface area contributed by atoms with Crippen LogP contribution in [0.3, 0.4) is 0 Å². The fraction of sp³-hybridized carbons (Fsp3) is 0.688. The molecule has 0 unspecified atom stereocenters. The molecule has 1 aliphatic carbocycles. The number of piperazine rings is 1. The molecule has 1 heterocycles. The Kier molecular flexibility index (Phi) is 13.7. The first kappa shape index (κ1) is 30.2. The number of benzene rings is 1. The van der Waals surface area contributed by atoms with Crippen molar-refractivity contribution in [3.8, 4) is 5.75 Å². The van der Waals surface area contributed by atoms with Crippen LogP contribution in [0.15, 0.2) is 30.3 Å². The standard InChI is InChI=1S/C32H51N3O3/c1-3-4-5-6-7-11-20-31(36)34-25-22-33(23-26-34)24-27-35(32(37)29-16-9-8-10-17-29)21-14-18-28-15-12-13-19-30(28)38-2/h12-15,18-19,29H,3-11,16-17,20-27H2,1-2H3. The first-order valence-electron chi connectivity index (χ1n) is 15.2. The van der Waals surface area contributed by atoms with E-state index in [1.807, 2.05) is 29.2 Å². The highest BCUT2D eigenvalue weighted by molar-refractivity contribution is 5.79. The lowest BCUT2D eigenvalue weighted by Crippen LogP contribution is -2.51. The number of hydrogen-bond donors (Lipinski definition) is 0. The second-order valence-corrected chi connectivity index (χ2v) is 11.0. The van der Waals surface area contributed by atoms with Gasteiger partial charge in [-0.2, -0.15) is 0 Å². The van der Waals surface area contributed by atoms with Gasteiger partial charge in [-0.05, 0) is 25.3 Å². The Morgan fingerprint density at radius 2 is 1.68 bits per heavy atom. The van der Waals surface area contributed by atoms with E-state index >= 15 is 0 Å². The fourth-order valence-electron chi connectivity index (χ4n) is 5.71. The smallest absolute Gasteiger partial charge is 0.226 e. The number of para-hydroxylation sites is 1. The molecule has 0 aromatic heterocycles. The molecule has 1 saturated carbocycles. The van der Waals surface area contributed by atoms with Crippen LogP contribution in [0.25, 0.3) is 6.08 Å². The Hall–Kier alpha value is -2.34. The van der Waals surface area contributed by atoms with E-state index in [9.17, 15) is 9.59 Å². The zero-order chi connectivity index (χ0) is 27.0. The average Bonchev–Trinajstić information content (AvgIpc) is 2.97. The molecule has 2 fully saturated rings. The van der Waals surface area contributed by atoms with Gasteiger partial charge in [0.05, 0.1) is 7.11 Å². The number of unbranched alkanes of at least 4 members (excludes halogenated alkanes) is 5. The van der Waals surface area contributed by atoms with Crippen LogP contribution in [-0.4, -0.2) is 79.4 Å². The van der Waals surface area contributed by atoms with Gasteiger partial charge in [0.15, 0.2) is 0 Å². The second kappa shape index (κ2) is 17.3. The average molecular weight is 526 g/mol. The van der Waals surface area contributed by atoms with Gasteiger partial charge in [-0.1, -0.05) is 88.6 Å². The zero-order valence-corrected chi connectivity index (χ0v) is 24.0. The van der Waals surface area contributed by atoms with E-state index in [4.69, 9.17) is 4.74 Å². The maximum absolute atomic E-state index is 13.5. The number of rotatable bonds is 15. The van der Waals surface area contributed by atoms with E-state index < -0.39 is 0 Å². The minimum atomic E-state index is 0.167. The molecule has 3 rings (SSSR count). The van der Waals surface area contributed by atoms with Crippen molar-refractivity contribution in [1.29, 1.82) is 0 Å². The van der Waals surface area contributed by atoms with Crippen molar-refractivity contribution in [3.63, 3.8) is 0 Å². The molecule has 1 aliphatic heterocycles. The first-order valence-corrected chi connectivity index (χ1v) is 15.2. The maximum atomic E-state index is 13.5. The van der Waals surface area contributed by atoms with E-state index in [-0.39, 0.29) is 5.92 Å². The van der Waals surface area contributed by atoms with Crippen molar-refractivity contribution >= 4 is 17.9 Å². The third kappa shape index (κ3) is 10.1. The molecule has 1 aromatic carbocycles. The van der Waals surface area contributed by atoms with Crippen molar-refractivity contribution in [2.75, 3.05) is 52.9 Å². The van der Waals surface area contributed by atoms with E-state index in [1.165, 1.54) is 38.5 Å².